The Kier molecular flexibility index (Phi) is 3.37. The van der Waals surface area contributed by atoms with E-state index in [1.807, 2.05) is 47.1 Å². The molecule has 0 aliphatic heterocycles. The Morgan fingerprint density at radius 1 is 0.808 bits per heavy atom. The van der Waals surface area contributed by atoms with Crippen molar-refractivity contribution in [1.82, 2.24) is 14.3 Å². The number of nitrogens with zero attached hydrogens (tertiary/aromatic N) is 3. The van der Waals surface area contributed by atoms with Crippen LogP contribution in [0.3, 0.4) is 0 Å². The number of aryl methyl sites for hydroxylation is 1. The van der Waals surface area contributed by atoms with Crippen LogP contribution in [0.5, 0.6) is 0 Å². The molecule has 0 bridgehead atoms. The summed E-state index contributed by atoms with van der Waals surface area (Å²) in [6, 6.07) is 26.6. The Labute approximate surface area is 156 Å². The highest BCUT2D eigenvalue weighted by Gasteiger charge is 2.20. The summed E-state index contributed by atoms with van der Waals surface area (Å²) >= 11 is 6.09. The molecule has 0 amide bonds. The van der Waals surface area contributed by atoms with Gasteiger partial charge in [-0.1, -0.05) is 60.1 Å². The van der Waals surface area contributed by atoms with E-state index in [-0.39, 0.29) is 0 Å². The minimum absolute atomic E-state index is 0.727. The standard InChI is InChI=1S/C22H16ClN3/c1-25-19-10-6-5-9-18(19)20-21(15-11-13-16(23)14-12-15)24-26(22(20)25)17-7-3-2-4-8-17/h2-14H,1H3. The van der Waals surface area contributed by atoms with Crippen molar-refractivity contribution in [3.8, 4) is 16.9 Å². The van der Waals surface area contributed by atoms with Gasteiger partial charge >= 0.3 is 0 Å². The Morgan fingerprint density at radius 2 is 1.50 bits per heavy atom. The largest absolute Gasteiger partial charge is 0.328 e. The van der Waals surface area contributed by atoms with Crippen molar-refractivity contribution in [3.05, 3.63) is 83.9 Å². The van der Waals surface area contributed by atoms with Gasteiger partial charge < -0.3 is 4.57 Å². The summed E-state index contributed by atoms with van der Waals surface area (Å²) in [5.74, 6) is 0. The second kappa shape index (κ2) is 5.75. The van der Waals surface area contributed by atoms with Crippen LogP contribution in [0.25, 0.3) is 38.9 Å². The monoisotopic (exact) mass is 357 g/mol. The Hall–Kier alpha value is -3.04. The third-order valence-corrected chi connectivity index (χ3v) is 5.08. The summed E-state index contributed by atoms with van der Waals surface area (Å²) in [5.41, 5.74) is 5.36. The first-order chi connectivity index (χ1) is 12.7. The Morgan fingerprint density at radius 3 is 2.27 bits per heavy atom. The molecule has 0 atom stereocenters. The maximum atomic E-state index is 6.09. The number of para-hydroxylation sites is 2. The van der Waals surface area contributed by atoms with Gasteiger partial charge in [0.25, 0.3) is 0 Å². The zero-order valence-electron chi connectivity index (χ0n) is 14.2. The average Bonchev–Trinajstić information content (AvgIpc) is 3.21. The third-order valence-electron chi connectivity index (χ3n) is 4.83. The molecule has 26 heavy (non-hydrogen) atoms. The molecule has 5 aromatic rings. The van der Waals surface area contributed by atoms with Gasteiger partial charge in [-0.2, -0.15) is 5.10 Å². The van der Waals surface area contributed by atoms with Crippen molar-refractivity contribution < 1.29 is 0 Å². The van der Waals surface area contributed by atoms with Crippen molar-refractivity contribution >= 4 is 33.5 Å². The first kappa shape index (κ1) is 15.2. The van der Waals surface area contributed by atoms with Crippen LogP contribution in [-0.4, -0.2) is 14.3 Å². The van der Waals surface area contributed by atoms with Gasteiger partial charge in [-0.05, 0) is 30.3 Å². The van der Waals surface area contributed by atoms with Gasteiger partial charge in [0.1, 0.15) is 11.3 Å². The molecule has 0 radical (unpaired) electrons. The van der Waals surface area contributed by atoms with Crippen LogP contribution in [-0.2, 0) is 7.05 Å². The van der Waals surface area contributed by atoms with E-state index in [9.17, 15) is 0 Å². The lowest BCUT2D eigenvalue weighted by molar-refractivity contribution is 0.858. The predicted molar refractivity (Wildman–Crippen MR) is 108 cm³/mol. The molecular formula is C22H16ClN3. The molecule has 5 rings (SSSR count). The van der Waals surface area contributed by atoms with E-state index in [1.165, 1.54) is 10.9 Å². The molecule has 0 unspecified atom stereocenters. The molecule has 0 N–H and O–H groups in total. The van der Waals surface area contributed by atoms with Crippen LogP contribution in [0.1, 0.15) is 0 Å². The summed E-state index contributed by atoms with van der Waals surface area (Å²) in [6.07, 6.45) is 0. The van der Waals surface area contributed by atoms with Crippen LogP contribution in [0.4, 0.5) is 0 Å². The number of hydrogen-bond acceptors (Lipinski definition) is 1. The summed E-state index contributed by atoms with van der Waals surface area (Å²) in [6.45, 7) is 0. The summed E-state index contributed by atoms with van der Waals surface area (Å²) < 4.78 is 4.24. The van der Waals surface area contributed by atoms with Gasteiger partial charge in [-0.25, -0.2) is 4.68 Å². The normalized spacial score (nSPS) is 11.5. The van der Waals surface area contributed by atoms with Gasteiger partial charge in [0.2, 0.25) is 0 Å². The highest BCUT2D eigenvalue weighted by Crippen LogP contribution is 2.37. The number of benzene rings is 3. The molecular weight excluding hydrogens is 342 g/mol. The maximum absolute atomic E-state index is 6.09. The fourth-order valence-electron chi connectivity index (χ4n) is 3.62. The molecule has 2 heterocycles. The van der Waals surface area contributed by atoms with E-state index in [2.05, 4.69) is 48.0 Å². The van der Waals surface area contributed by atoms with Crippen LogP contribution in [0, 0.1) is 0 Å². The second-order valence-corrected chi connectivity index (χ2v) is 6.81. The molecule has 0 saturated heterocycles. The van der Waals surface area contributed by atoms with E-state index in [1.54, 1.807) is 0 Å². The van der Waals surface area contributed by atoms with Crippen molar-refractivity contribution in [3.63, 3.8) is 0 Å². The lowest BCUT2D eigenvalue weighted by atomic mass is 10.1. The summed E-state index contributed by atoms with van der Waals surface area (Å²) in [4.78, 5) is 0. The van der Waals surface area contributed by atoms with Gasteiger partial charge in [-0.3, -0.25) is 0 Å². The van der Waals surface area contributed by atoms with Crippen LogP contribution < -0.4 is 0 Å². The number of rotatable bonds is 2. The van der Waals surface area contributed by atoms with E-state index in [0.717, 1.165) is 33.0 Å². The quantitative estimate of drug-likeness (QED) is 0.389. The van der Waals surface area contributed by atoms with Gasteiger partial charge in [0.05, 0.1) is 16.6 Å². The maximum Gasteiger partial charge on any atom is 0.145 e. The third kappa shape index (κ3) is 2.18. The molecule has 4 heteroatoms. The van der Waals surface area contributed by atoms with Crippen molar-refractivity contribution in [2.45, 2.75) is 0 Å². The molecule has 0 aliphatic carbocycles. The van der Waals surface area contributed by atoms with Crippen LogP contribution in [0.15, 0.2) is 78.9 Å². The number of halogens is 1. The van der Waals surface area contributed by atoms with Crippen molar-refractivity contribution in [2.24, 2.45) is 7.05 Å². The number of aromatic nitrogens is 3. The topological polar surface area (TPSA) is 22.8 Å². The summed E-state index contributed by atoms with van der Waals surface area (Å²) in [7, 11) is 2.09. The van der Waals surface area contributed by atoms with E-state index in [0.29, 0.717) is 0 Å². The van der Waals surface area contributed by atoms with E-state index in [4.69, 9.17) is 16.7 Å². The average molecular weight is 358 g/mol. The zero-order valence-corrected chi connectivity index (χ0v) is 15.0. The van der Waals surface area contributed by atoms with Crippen LogP contribution in [0.2, 0.25) is 5.02 Å². The van der Waals surface area contributed by atoms with E-state index < -0.39 is 0 Å². The second-order valence-electron chi connectivity index (χ2n) is 6.38. The lowest BCUT2D eigenvalue weighted by Crippen LogP contribution is -2.01. The smallest absolute Gasteiger partial charge is 0.145 e. The van der Waals surface area contributed by atoms with Gasteiger partial charge in [0, 0.05) is 23.0 Å². The molecule has 0 saturated carbocycles. The number of fused-ring (bicyclic) bond motifs is 3. The molecule has 2 aromatic heterocycles. The molecule has 3 aromatic carbocycles. The summed E-state index contributed by atoms with van der Waals surface area (Å²) in [5, 5.41) is 8.08. The Balaban J connectivity index is 1.93. The lowest BCUT2D eigenvalue weighted by Gasteiger charge is -2.05. The molecule has 0 fully saturated rings. The molecule has 0 aliphatic rings. The highest BCUT2D eigenvalue weighted by atomic mass is 35.5. The van der Waals surface area contributed by atoms with E-state index >= 15 is 0 Å². The Bertz CT molecular complexity index is 1230. The molecule has 3 nitrogen and oxygen atoms in total. The first-order valence-corrected chi connectivity index (χ1v) is 8.89. The number of hydrogen-bond donors (Lipinski definition) is 0. The molecule has 0 spiro atoms. The fraction of sp³-hybridized carbons (Fsp3) is 0.0455. The highest BCUT2D eigenvalue weighted by molar-refractivity contribution is 6.30. The van der Waals surface area contributed by atoms with Gasteiger partial charge in [0.15, 0.2) is 0 Å². The van der Waals surface area contributed by atoms with Crippen molar-refractivity contribution in [2.75, 3.05) is 0 Å². The van der Waals surface area contributed by atoms with Gasteiger partial charge in [-0.15, -0.1) is 0 Å². The fourth-order valence-corrected chi connectivity index (χ4v) is 3.74. The van der Waals surface area contributed by atoms with Crippen LogP contribution >= 0.6 is 11.6 Å². The minimum atomic E-state index is 0.727. The van der Waals surface area contributed by atoms with Crippen molar-refractivity contribution in [1.29, 1.82) is 0 Å². The first-order valence-electron chi connectivity index (χ1n) is 8.51. The molecule has 126 valence electrons. The predicted octanol–water partition coefficient (Wildman–Crippen LogP) is 5.84. The zero-order chi connectivity index (χ0) is 17.7. The minimum Gasteiger partial charge on any atom is -0.328 e. The SMILES string of the molecule is Cn1c2ccccc2c2c(-c3ccc(Cl)cc3)nn(-c3ccccc3)c21.